The quantitative estimate of drug-likeness (QED) is 0.483. The molecule has 0 amide bonds. The predicted molar refractivity (Wildman–Crippen MR) is 104 cm³/mol. The minimum absolute atomic E-state index is 0.646. The lowest BCUT2D eigenvalue weighted by molar-refractivity contribution is -0.103. The molecule has 1 spiro atoms. The fourth-order valence-corrected chi connectivity index (χ4v) is 11.3. The van der Waals surface area contributed by atoms with E-state index in [4.69, 9.17) is 0 Å². The van der Waals surface area contributed by atoms with Gasteiger partial charge in [-0.3, -0.25) is 0 Å². The molecule has 0 radical (unpaired) electrons. The summed E-state index contributed by atoms with van der Waals surface area (Å²) in [5.74, 6) is 7.13. The summed E-state index contributed by atoms with van der Waals surface area (Å²) in [5.41, 5.74) is 1.43. The normalized spacial score (nSPS) is 54.5. The third kappa shape index (κ3) is 2.25. The van der Waals surface area contributed by atoms with E-state index in [2.05, 4.69) is 37.4 Å². The highest BCUT2D eigenvalue weighted by Gasteiger charge is 2.59. The first-order chi connectivity index (χ1) is 11.0. The van der Waals surface area contributed by atoms with E-state index in [-0.39, 0.29) is 0 Å². The van der Waals surface area contributed by atoms with Crippen LogP contribution in [0.25, 0.3) is 0 Å². The Morgan fingerprint density at radius 3 is 2.43 bits per heavy atom. The van der Waals surface area contributed by atoms with Gasteiger partial charge in [0, 0.05) is 11.5 Å². The third-order valence-corrected chi connectivity index (χ3v) is 12.8. The van der Waals surface area contributed by atoms with Crippen LogP contribution >= 0.6 is 23.5 Å². The second kappa shape index (κ2) is 5.35. The third-order valence-electron chi connectivity index (χ3n) is 9.26. The summed E-state index contributed by atoms with van der Waals surface area (Å²) in [6.45, 7) is 5.39. The van der Waals surface area contributed by atoms with Gasteiger partial charge in [-0.05, 0) is 92.3 Å². The predicted octanol–water partition coefficient (Wildman–Crippen LogP) is 6.60. The maximum absolute atomic E-state index is 2.74. The minimum Gasteiger partial charge on any atom is -0.143 e. The van der Waals surface area contributed by atoms with Crippen molar-refractivity contribution in [2.75, 3.05) is 11.5 Å². The molecule has 130 valence electrons. The molecule has 1 aliphatic heterocycles. The van der Waals surface area contributed by atoms with Gasteiger partial charge in [0.05, 0.1) is 4.08 Å². The largest absolute Gasteiger partial charge is 0.143 e. The summed E-state index contributed by atoms with van der Waals surface area (Å²) in [5, 5.41) is 0. The van der Waals surface area contributed by atoms with Gasteiger partial charge in [0.25, 0.3) is 0 Å². The summed E-state index contributed by atoms with van der Waals surface area (Å²) in [6, 6.07) is 0. The Morgan fingerprint density at radius 2 is 1.61 bits per heavy atom. The van der Waals surface area contributed by atoms with Crippen molar-refractivity contribution < 1.29 is 0 Å². The molecule has 6 atom stereocenters. The van der Waals surface area contributed by atoms with E-state index in [9.17, 15) is 0 Å². The highest BCUT2D eigenvalue weighted by atomic mass is 32.2. The molecule has 5 fully saturated rings. The fraction of sp³-hybridized carbons (Fsp3) is 1.00. The molecule has 0 aromatic heterocycles. The van der Waals surface area contributed by atoms with E-state index in [0.29, 0.717) is 9.49 Å². The molecule has 1 heterocycles. The van der Waals surface area contributed by atoms with Crippen molar-refractivity contribution in [1.82, 2.24) is 0 Å². The summed E-state index contributed by atoms with van der Waals surface area (Å²) in [7, 11) is 0. The molecule has 0 nitrogen and oxygen atoms in total. The number of rotatable bonds is 0. The van der Waals surface area contributed by atoms with Crippen LogP contribution < -0.4 is 0 Å². The van der Waals surface area contributed by atoms with Crippen LogP contribution in [-0.4, -0.2) is 15.6 Å². The van der Waals surface area contributed by atoms with Gasteiger partial charge in [-0.1, -0.05) is 20.3 Å². The van der Waals surface area contributed by atoms with Crippen molar-refractivity contribution in [2.45, 2.75) is 82.1 Å². The number of hydrogen-bond acceptors (Lipinski definition) is 2. The molecule has 5 rings (SSSR count). The molecule has 2 heteroatoms. The lowest BCUT2D eigenvalue weighted by atomic mass is 9.45. The van der Waals surface area contributed by atoms with Crippen molar-refractivity contribution in [3.8, 4) is 0 Å². The van der Waals surface area contributed by atoms with Crippen molar-refractivity contribution >= 4 is 23.5 Å². The zero-order chi connectivity index (χ0) is 15.7. The topological polar surface area (TPSA) is 0 Å². The van der Waals surface area contributed by atoms with E-state index in [1.807, 2.05) is 0 Å². The zero-order valence-electron chi connectivity index (χ0n) is 15.1. The SMILES string of the molecule is C[C@]12CCC[C@@H]1[C@@H]1CC[C@H]3CC4(CC[C@@]3(C)[C@H]1CC2)SCCS4. The Morgan fingerprint density at radius 1 is 0.783 bits per heavy atom. The molecule has 0 aromatic rings. The summed E-state index contributed by atoms with van der Waals surface area (Å²) >= 11 is 4.65. The van der Waals surface area contributed by atoms with Crippen molar-refractivity contribution in [3.05, 3.63) is 0 Å². The molecule has 0 unspecified atom stereocenters. The molecule has 0 N–H and O–H groups in total. The number of hydrogen-bond donors (Lipinski definition) is 0. The Bertz CT molecular complexity index is 482. The van der Waals surface area contributed by atoms with Crippen LogP contribution in [-0.2, 0) is 0 Å². The Kier molecular flexibility index (Phi) is 3.70. The highest BCUT2D eigenvalue weighted by Crippen LogP contribution is 2.69. The molecule has 1 saturated heterocycles. The van der Waals surface area contributed by atoms with Crippen LogP contribution in [0.1, 0.15) is 78.1 Å². The minimum atomic E-state index is 0.646. The van der Waals surface area contributed by atoms with E-state index >= 15 is 0 Å². The number of thioether (sulfide) groups is 2. The second-order valence-corrected chi connectivity index (χ2v) is 13.3. The fourth-order valence-electron chi connectivity index (χ4n) is 7.95. The van der Waals surface area contributed by atoms with Gasteiger partial charge in [0.15, 0.2) is 0 Å². The first kappa shape index (κ1) is 15.9. The summed E-state index contributed by atoms with van der Waals surface area (Å²) in [6.07, 6.45) is 15.5. The number of fused-ring (bicyclic) bond motifs is 5. The van der Waals surface area contributed by atoms with Gasteiger partial charge in [0.1, 0.15) is 0 Å². The van der Waals surface area contributed by atoms with E-state index < -0.39 is 0 Å². The van der Waals surface area contributed by atoms with Crippen molar-refractivity contribution in [2.24, 2.45) is 34.5 Å². The summed E-state index contributed by atoms with van der Waals surface area (Å²) < 4.78 is 0.646. The smallest absolute Gasteiger partial charge is 0.0614 e. The molecule has 0 aromatic carbocycles. The van der Waals surface area contributed by atoms with Crippen LogP contribution in [0.4, 0.5) is 0 Å². The van der Waals surface area contributed by atoms with Gasteiger partial charge in [-0.15, -0.1) is 23.5 Å². The first-order valence-corrected chi connectivity index (χ1v) is 12.3. The Balaban J connectivity index is 1.41. The van der Waals surface area contributed by atoms with E-state index in [1.54, 1.807) is 44.9 Å². The van der Waals surface area contributed by atoms with Gasteiger partial charge in [-0.25, -0.2) is 0 Å². The Labute approximate surface area is 151 Å². The first-order valence-electron chi connectivity index (χ1n) is 10.3. The van der Waals surface area contributed by atoms with Gasteiger partial charge < -0.3 is 0 Å². The Hall–Kier alpha value is 0.700. The van der Waals surface area contributed by atoms with Gasteiger partial charge >= 0.3 is 0 Å². The van der Waals surface area contributed by atoms with Crippen molar-refractivity contribution in [3.63, 3.8) is 0 Å². The zero-order valence-corrected chi connectivity index (χ0v) is 16.7. The maximum Gasteiger partial charge on any atom is 0.0614 e. The van der Waals surface area contributed by atoms with Crippen LogP contribution in [0.15, 0.2) is 0 Å². The molecule has 0 bridgehead atoms. The van der Waals surface area contributed by atoms with Gasteiger partial charge in [-0.2, -0.15) is 0 Å². The summed E-state index contributed by atoms with van der Waals surface area (Å²) in [4.78, 5) is 0. The standard InChI is InChI=1S/C21H34S2/c1-19-8-3-4-17(19)16-6-5-15-14-21(22-12-13-23-21)11-10-20(15,2)18(16)7-9-19/h15-18H,3-14H2,1-2H3/t15-,16-,17+,18-,19+,20+/m0/s1. The van der Waals surface area contributed by atoms with Crippen LogP contribution in [0.3, 0.4) is 0 Å². The van der Waals surface area contributed by atoms with Crippen molar-refractivity contribution in [1.29, 1.82) is 0 Å². The molecular formula is C21H34S2. The monoisotopic (exact) mass is 350 g/mol. The maximum atomic E-state index is 2.74. The van der Waals surface area contributed by atoms with Crippen LogP contribution in [0.2, 0.25) is 0 Å². The van der Waals surface area contributed by atoms with E-state index in [0.717, 1.165) is 29.1 Å². The average molecular weight is 351 g/mol. The van der Waals surface area contributed by atoms with Gasteiger partial charge in [0.2, 0.25) is 0 Å². The molecule has 23 heavy (non-hydrogen) atoms. The lowest BCUT2D eigenvalue weighted by Crippen LogP contribution is -2.54. The average Bonchev–Trinajstić information content (AvgIpc) is 3.15. The van der Waals surface area contributed by atoms with Crippen LogP contribution in [0, 0.1) is 34.5 Å². The van der Waals surface area contributed by atoms with E-state index in [1.165, 1.54) is 30.8 Å². The second-order valence-electron chi connectivity index (χ2n) is 10.1. The molecule has 5 aliphatic rings. The highest BCUT2D eigenvalue weighted by molar-refractivity contribution is 8.21. The van der Waals surface area contributed by atoms with Crippen LogP contribution in [0.5, 0.6) is 0 Å². The molecule has 4 saturated carbocycles. The molecular weight excluding hydrogens is 316 g/mol. The molecule has 4 aliphatic carbocycles. The lowest BCUT2D eigenvalue weighted by Gasteiger charge is -2.61.